The van der Waals surface area contributed by atoms with Crippen LogP contribution in [0.4, 0.5) is 0 Å². The van der Waals surface area contributed by atoms with Crippen molar-refractivity contribution < 1.29 is 13.1 Å². The zero-order valence-corrected chi connectivity index (χ0v) is 12.7. The Labute approximate surface area is 118 Å². The molecule has 0 aliphatic carbocycles. The van der Waals surface area contributed by atoms with Crippen LogP contribution in [0.25, 0.3) is 0 Å². The van der Waals surface area contributed by atoms with Gasteiger partial charge in [-0.15, -0.1) is 0 Å². The van der Waals surface area contributed by atoms with Gasteiger partial charge in [-0.05, 0) is 37.5 Å². The first-order valence-electron chi connectivity index (χ1n) is 6.74. The molecule has 1 unspecified atom stereocenters. The van der Waals surface area contributed by atoms with E-state index < -0.39 is 11.3 Å². The molecule has 4 nitrogen and oxygen atoms in total. The Kier molecular flexibility index (Phi) is 7.52. The Balaban J connectivity index is 2.67. The quantitative estimate of drug-likeness (QED) is 0.709. The van der Waals surface area contributed by atoms with Crippen molar-refractivity contribution in [1.29, 1.82) is 0 Å². The van der Waals surface area contributed by atoms with Crippen molar-refractivity contribution in [2.24, 2.45) is 0 Å². The predicted octanol–water partition coefficient (Wildman–Crippen LogP) is 3.13. The maximum absolute atomic E-state index is 11.7. The Bertz CT molecular complexity index is 410. The van der Waals surface area contributed by atoms with Crippen molar-refractivity contribution in [1.82, 2.24) is 4.72 Å². The third-order valence-corrected chi connectivity index (χ3v) is 3.26. The van der Waals surface area contributed by atoms with Crippen LogP contribution in [0.15, 0.2) is 18.2 Å². The molecule has 0 amide bonds. The molecule has 0 saturated carbocycles. The number of aryl methyl sites for hydroxylation is 1. The molecule has 0 saturated heterocycles. The van der Waals surface area contributed by atoms with Gasteiger partial charge in [-0.1, -0.05) is 26.3 Å². The van der Waals surface area contributed by atoms with Gasteiger partial charge in [0.25, 0.3) is 11.3 Å². The van der Waals surface area contributed by atoms with Crippen LogP contribution in [0.2, 0.25) is 0 Å². The molecule has 0 heterocycles. The predicted molar refractivity (Wildman–Crippen MR) is 78.6 cm³/mol. The maximum Gasteiger partial charge on any atom is 0.288 e. The van der Waals surface area contributed by atoms with Crippen molar-refractivity contribution in [2.75, 3.05) is 13.2 Å². The molecule has 0 aliphatic rings. The van der Waals surface area contributed by atoms with Crippen LogP contribution >= 0.6 is 0 Å². The lowest BCUT2D eigenvalue weighted by atomic mass is 10.2. The van der Waals surface area contributed by atoms with Gasteiger partial charge in [0, 0.05) is 6.54 Å². The summed E-state index contributed by atoms with van der Waals surface area (Å²) in [5, 5.41) is 0. The molecule has 19 heavy (non-hydrogen) atoms. The summed E-state index contributed by atoms with van der Waals surface area (Å²) in [7, 11) is 0. The van der Waals surface area contributed by atoms with Gasteiger partial charge in [0.15, 0.2) is 11.5 Å². The molecule has 108 valence electrons. The summed E-state index contributed by atoms with van der Waals surface area (Å²) in [5.74, 6) is 1.17. The van der Waals surface area contributed by atoms with Crippen LogP contribution in [0.3, 0.4) is 0 Å². The summed E-state index contributed by atoms with van der Waals surface area (Å²) < 4.78 is 25.5. The minimum Gasteiger partial charge on any atom is -0.490 e. The molecule has 1 atom stereocenters. The summed E-state index contributed by atoms with van der Waals surface area (Å²) in [6, 6.07) is 5.65. The topological polar surface area (TPSA) is 47.6 Å². The van der Waals surface area contributed by atoms with Gasteiger partial charge >= 0.3 is 0 Å². The van der Waals surface area contributed by atoms with E-state index in [0.29, 0.717) is 24.7 Å². The maximum atomic E-state index is 11.7. The molecule has 1 rings (SSSR count). The number of nitrogens with one attached hydrogen (secondary N) is 1. The van der Waals surface area contributed by atoms with E-state index in [4.69, 9.17) is 8.92 Å². The Morgan fingerprint density at radius 1 is 1.21 bits per heavy atom. The summed E-state index contributed by atoms with van der Waals surface area (Å²) in [4.78, 5) is 0. The molecular weight excluding hydrogens is 262 g/mol. The second-order valence-electron chi connectivity index (χ2n) is 4.36. The molecule has 1 aromatic carbocycles. The number of rotatable bonds is 9. The average Bonchev–Trinajstić information content (AvgIpc) is 2.39. The highest BCUT2D eigenvalue weighted by molar-refractivity contribution is 7.78. The number of ether oxygens (including phenoxy) is 1. The highest BCUT2D eigenvalue weighted by Crippen LogP contribution is 2.28. The molecular formula is C14H23NO3S. The molecule has 0 bridgehead atoms. The third kappa shape index (κ3) is 6.07. The van der Waals surface area contributed by atoms with Crippen molar-refractivity contribution >= 4 is 11.3 Å². The van der Waals surface area contributed by atoms with Gasteiger partial charge in [-0.3, -0.25) is 0 Å². The van der Waals surface area contributed by atoms with Gasteiger partial charge in [0.1, 0.15) is 0 Å². The number of hydrogen-bond donors (Lipinski definition) is 1. The minimum atomic E-state index is -1.53. The van der Waals surface area contributed by atoms with E-state index in [1.807, 2.05) is 32.0 Å². The van der Waals surface area contributed by atoms with Gasteiger partial charge < -0.3 is 8.92 Å². The molecule has 5 heteroatoms. The van der Waals surface area contributed by atoms with Crippen molar-refractivity contribution in [3.8, 4) is 11.5 Å². The SMILES string of the molecule is CCCCOc1ccc(C)cc1OS(=O)NCCC. The third-order valence-electron chi connectivity index (χ3n) is 2.49. The fourth-order valence-corrected chi connectivity index (χ4v) is 2.15. The number of hydrogen-bond acceptors (Lipinski definition) is 3. The van der Waals surface area contributed by atoms with Crippen LogP contribution in [0.1, 0.15) is 38.7 Å². The van der Waals surface area contributed by atoms with Crippen molar-refractivity contribution in [3.05, 3.63) is 23.8 Å². The Morgan fingerprint density at radius 2 is 2.00 bits per heavy atom. The van der Waals surface area contributed by atoms with Crippen LogP contribution in [-0.4, -0.2) is 17.4 Å². The van der Waals surface area contributed by atoms with Crippen LogP contribution in [0.5, 0.6) is 11.5 Å². The minimum absolute atomic E-state index is 0.526. The fourth-order valence-electron chi connectivity index (χ4n) is 1.42. The first kappa shape index (κ1) is 16.0. The number of benzene rings is 1. The summed E-state index contributed by atoms with van der Waals surface area (Å²) in [6.45, 7) is 7.39. The summed E-state index contributed by atoms with van der Waals surface area (Å²) in [5.41, 5.74) is 1.05. The molecule has 0 aromatic heterocycles. The monoisotopic (exact) mass is 285 g/mol. The second kappa shape index (κ2) is 8.93. The fraction of sp³-hybridized carbons (Fsp3) is 0.571. The smallest absolute Gasteiger partial charge is 0.288 e. The van der Waals surface area contributed by atoms with Gasteiger partial charge in [0.2, 0.25) is 0 Å². The van der Waals surface area contributed by atoms with Crippen LogP contribution < -0.4 is 13.6 Å². The van der Waals surface area contributed by atoms with E-state index in [2.05, 4.69) is 11.6 Å². The van der Waals surface area contributed by atoms with Gasteiger partial charge in [-0.2, -0.15) is 4.21 Å². The molecule has 1 N–H and O–H groups in total. The molecule has 0 aliphatic heterocycles. The van der Waals surface area contributed by atoms with E-state index in [0.717, 1.165) is 24.8 Å². The zero-order chi connectivity index (χ0) is 14.1. The lowest BCUT2D eigenvalue weighted by Gasteiger charge is -2.12. The van der Waals surface area contributed by atoms with Gasteiger partial charge in [-0.25, -0.2) is 4.72 Å². The van der Waals surface area contributed by atoms with Crippen molar-refractivity contribution in [2.45, 2.75) is 40.0 Å². The first-order valence-corrected chi connectivity index (χ1v) is 7.82. The van der Waals surface area contributed by atoms with E-state index in [9.17, 15) is 4.21 Å². The second-order valence-corrected chi connectivity index (χ2v) is 5.29. The van der Waals surface area contributed by atoms with E-state index in [1.54, 1.807) is 0 Å². The standard InChI is InChI=1S/C14H23NO3S/c1-4-6-10-17-13-8-7-12(3)11-14(13)18-19(16)15-9-5-2/h7-8,11,15H,4-6,9-10H2,1-3H3. The van der Waals surface area contributed by atoms with Crippen molar-refractivity contribution in [3.63, 3.8) is 0 Å². The first-order chi connectivity index (χ1) is 9.17. The highest BCUT2D eigenvalue weighted by Gasteiger charge is 2.09. The molecule has 1 aromatic rings. The van der Waals surface area contributed by atoms with E-state index in [-0.39, 0.29) is 0 Å². The Morgan fingerprint density at radius 3 is 2.68 bits per heavy atom. The number of unbranched alkanes of at least 4 members (excludes halogenated alkanes) is 1. The van der Waals surface area contributed by atoms with Crippen LogP contribution in [-0.2, 0) is 11.3 Å². The normalized spacial score (nSPS) is 12.2. The molecule has 0 radical (unpaired) electrons. The van der Waals surface area contributed by atoms with E-state index in [1.165, 1.54) is 0 Å². The van der Waals surface area contributed by atoms with Gasteiger partial charge in [0.05, 0.1) is 6.61 Å². The summed E-state index contributed by atoms with van der Waals surface area (Å²) in [6.07, 6.45) is 2.97. The van der Waals surface area contributed by atoms with Crippen LogP contribution in [0, 0.1) is 6.92 Å². The summed E-state index contributed by atoms with van der Waals surface area (Å²) >= 11 is -1.53. The largest absolute Gasteiger partial charge is 0.490 e. The molecule has 0 fully saturated rings. The zero-order valence-electron chi connectivity index (χ0n) is 11.9. The Hall–Kier alpha value is -1.07. The average molecular weight is 285 g/mol. The molecule has 0 spiro atoms. The lowest BCUT2D eigenvalue weighted by Crippen LogP contribution is -2.22. The highest BCUT2D eigenvalue weighted by atomic mass is 32.2. The lowest BCUT2D eigenvalue weighted by molar-refractivity contribution is 0.301. The van der Waals surface area contributed by atoms with E-state index >= 15 is 0 Å².